The Morgan fingerprint density at radius 3 is 1.85 bits per heavy atom. The molecule has 0 aromatic heterocycles. The molecule has 0 N–H and O–H groups in total. The molecule has 0 aliphatic rings. The second kappa shape index (κ2) is 14.7. The Hall–Kier alpha value is -0.660. The number of unbranched alkanes of at least 4 members (excludes halogenated alkanes) is 9. The molecule has 0 spiro atoms. The summed E-state index contributed by atoms with van der Waals surface area (Å²) in [5, 5.41) is 0. The fraction of sp³-hybridized carbons (Fsp3) is 0.889. The lowest BCUT2D eigenvalue weighted by molar-refractivity contribution is -0.121. The first kappa shape index (κ1) is 19.3. The van der Waals surface area contributed by atoms with E-state index in [0.717, 1.165) is 25.7 Å². The Labute approximate surface area is 125 Å². The van der Waals surface area contributed by atoms with Crippen molar-refractivity contribution in [3.8, 4) is 0 Å². The van der Waals surface area contributed by atoms with Crippen LogP contribution < -0.4 is 0 Å². The number of hydrogen-bond donors (Lipinski definition) is 0. The molecule has 0 saturated carbocycles. The molecule has 0 aliphatic heterocycles. The number of carbonyl (C=O) groups is 1. The number of Topliss-reactive ketones (excluding diaryl/α,β-unsaturated/α-hetero) is 1. The standard InChI is InChI=1S/C18H33O2/c1-3-5-7-9-10-11-13-15-18(20)17(16-19)14-12-8-6-4-2/h17H,3-15H2,1-2H3. The van der Waals surface area contributed by atoms with Crippen molar-refractivity contribution in [1.82, 2.24) is 0 Å². The van der Waals surface area contributed by atoms with Gasteiger partial charge >= 0.3 is 0 Å². The third-order valence-corrected chi connectivity index (χ3v) is 3.90. The molecule has 0 aliphatic carbocycles. The van der Waals surface area contributed by atoms with Crippen LogP contribution in [-0.4, -0.2) is 12.1 Å². The Balaban J connectivity index is 3.57. The Morgan fingerprint density at radius 1 is 0.800 bits per heavy atom. The SMILES string of the molecule is CCCCCCCCCC(=O)C([C]=O)CCCCCC. The average Bonchev–Trinajstić information content (AvgIpc) is 2.46. The molecule has 0 aromatic rings. The largest absolute Gasteiger partial charge is 0.299 e. The summed E-state index contributed by atoms with van der Waals surface area (Å²) in [5.74, 6) is -0.336. The molecule has 0 heterocycles. The van der Waals surface area contributed by atoms with Crippen molar-refractivity contribution in [2.75, 3.05) is 0 Å². The summed E-state index contributed by atoms with van der Waals surface area (Å²) in [7, 11) is 0. The lowest BCUT2D eigenvalue weighted by Gasteiger charge is -2.08. The molecule has 0 fully saturated rings. The van der Waals surface area contributed by atoms with Gasteiger partial charge < -0.3 is 0 Å². The summed E-state index contributed by atoms with van der Waals surface area (Å²) in [6.07, 6.45) is 16.2. The van der Waals surface area contributed by atoms with Crippen LogP contribution in [-0.2, 0) is 9.59 Å². The van der Waals surface area contributed by atoms with Crippen molar-refractivity contribution in [2.24, 2.45) is 5.92 Å². The molecular formula is C18H33O2. The number of hydrogen-bond acceptors (Lipinski definition) is 2. The first-order valence-electron chi connectivity index (χ1n) is 8.66. The van der Waals surface area contributed by atoms with Crippen LogP contribution in [0.4, 0.5) is 0 Å². The molecule has 0 amide bonds. The van der Waals surface area contributed by atoms with E-state index in [1.165, 1.54) is 44.9 Å². The molecule has 1 radical (unpaired) electrons. The lowest BCUT2D eigenvalue weighted by Crippen LogP contribution is -2.15. The van der Waals surface area contributed by atoms with E-state index in [1.807, 2.05) is 6.29 Å². The van der Waals surface area contributed by atoms with Crippen molar-refractivity contribution in [3.05, 3.63) is 0 Å². The van der Waals surface area contributed by atoms with Gasteiger partial charge in [-0.3, -0.25) is 9.59 Å². The predicted octanol–water partition coefficient (Wildman–Crippen LogP) is 5.39. The van der Waals surface area contributed by atoms with Gasteiger partial charge in [0.2, 0.25) is 6.29 Å². The summed E-state index contributed by atoms with van der Waals surface area (Å²) in [6, 6.07) is 0. The Bertz CT molecular complexity index is 236. The minimum absolute atomic E-state index is 0.116. The van der Waals surface area contributed by atoms with Gasteiger partial charge in [-0.1, -0.05) is 78.1 Å². The summed E-state index contributed by atoms with van der Waals surface area (Å²) in [4.78, 5) is 22.8. The summed E-state index contributed by atoms with van der Waals surface area (Å²) in [6.45, 7) is 4.38. The maximum atomic E-state index is 11.9. The van der Waals surface area contributed by atoms with Crippen molar-refractivity contribution < 1.29 is 9.59 Å². The zero-order chi connectivity index (χ0) is 15.1. The normalized spacial score (nSPS) is 12.3. The van der Waals surface area contributed by atoms with Crippen molar-refractivity contribution in [2.45, 2.75) is 97.3 Å². The molecular weight excluding hydrogens is 248 g/mol. The van der Waals surface area contributed by atoms with Gasteiger partial charge in [0.15, 0.2) is 0 Å². The van der Waals surface area contributed by atoms with Crippen LogP contribution >= 0.6 is 0 Å². The maximum absolute atomic E-state index is 11.9. The summed E-state index contributed by atoms with van der Waals surface area (Å²) < 4.78 is 0. The number of ketones is 1. The summed E-state index contributed by atoms with van der Waals surface area (Å²) >= 11 is 0. The summed E-state index contributed by atoms with van der Waals surface area (Å²) in [5.41, 5.74) is 0. The second-order valence-corrected chi connectivity index (χ2v) is 5.86. The van der Waals surface area contributed by atoms with Crippen LogP contribution in [0, 0.1) is 5.92 Å². The quantitative estimate of drug-likeness (QED) is 0.298. The van der Waals surface area contributed by atoms with Gasteiger partial charge in [0.05, 0.1) is 5.92 Å². The highest BCUT2D eigenvalue weighted by atomic mass is 16.1. The molecule has 0 bridgehead atoms. The third kappa shape index (κ3) is 11.2. The molecule has 2 heteroatoms. The lowest BCUT2D eigenvalue weighted by atomic mass is 9.94. The zero-order valence-corrected chi connectivity index (χ0v) is 13.6. The Morgan fingerprint density at radius 2 is 1.30 bits per heavy atom. The second-order valence-electron chi connectivity index (χ2n) is 5.86. The van der Waals surface area contributed by atoms with Gasteiger partial charge in [-0.15, -0.1) is 0 Å². The van der Waals surface area contributed by atoms with Crippen molar-refractivity contribution in [3.63, 3.8) is 0 Å². The maximum Gasteiger partial charge on any atom is 0.209 e. The van der Waals surface area contributed by atoms with Crippen LogP contribution in [0.3, 0.4) is 0 Å². The molecule has 2 nitrogen and oxygen atoms in total. The van der Waals surface area contributed by atoms with E-state index >= 15 is 0 Å². The van der Waals surface area contributed by atoms with Crippen LogP contribution in [0.5, 0.6) is 0 Å². The molecule has 20 heavy (non-hydrogen) atoms. The van der Waals surface area contributed by atoms with Crippen LogP contribution in [0.25, 0.3) is 0 Å². The fourth-order valence-electron chi connectivity index (χ4n) is 2.49. The van der Waals surface area contributed by atoms with Crippen LogP contribution in [0.2, 0.25) is 0 Å². The monoisotopic (exact) mass is 281 g/mol. The molecule has 1 unspecified atom stereocenters. The van der Waals surface area contributed by atoms with Gasteiger partial charge in [-0.25, -0.2) is 0 Å². The first-order chi connectivity index (χ1) is 9.76. The van der Waals surface area contributed by atoms with Gasteiger partial charge in [-0.2, -0.15) is 0 Å². The average molecular weight is 281 g/mol. The zero-order valence-electron chi connectivity index (χ0n) is 13.6. The fourth-order valence-corrected chi connectivity index (χ4v) is 2.49. The molecule has 0 saturated heterocycles. The smallest absolute Gasteiger partial charge is 0.209 e. The number of carbonyl (C=O) groups excluding carboxylic acids is 2. The Kier molecular flexibility index (Phi) is 14.3. The van der Waals surface area contributed by atoms with E-state index in [-0.39, 0.29) is 5.78 Å². The predicted molar refractivity (Wildman–Crippen MR) is 85.6 cm³/mol. The highest BCUT2D eigenvalue weighted by molar-refractivity contribution is 5.93. The third-order valence-electron chi connectivity index (χ3n) is 3.90. The van der Waals surface area contributed by atoms with Gasteiger partial charge in [0, 0.05) is 6.42 Å². The van der Waals surface area contributed by atoms with E-state index in [1.54, 1.807) is 0 Å². The van der Waals surface area contributed by atoms with E-state index in [4.69, 9.17) is 0 Å². The van der Waals surface area contributed by atoms with Gasteiger partial charge in [0.1, 0.15) is 5.78 Å². The van der Waals surface area contributed by atoms with Gasteiger partial charge in [0.25, 0.3) is 0 Å². The molecule has 117 valence electrons. The molecule has 1 atom stereocenters. The van der Waals surface area contributed by atoms with Crippen LogP contribution in [0.15, 0.2) is 0 Å². The van der Waals surface area contributed by atoms with E-state index < -0.39 is 5.92 Å². The minimum atomic E-state index is -0.452. The van der Waals surface area contributed by atoms with E-state index in [2.05, 4.69) is 13.8 Å². The minimum Gasteiger partial charge on any atom is -0.299 e. The highest BCUT2D eigenvalue weighted by Gasteiger charge is 2.17. The van der Waals surface area contributed by atoms with Crippen molar-refractivity contribution in [1.29, 1.82) is 0 Å². The van der Waals surface area contributed by atoms with E-state index in [0.29, 0.717) is 12.8 Å². The number of rotatable bonds is 15. The molecule has 0 aromatic carbocycles. The highest BCUT2D eigenvalue weighted by Crippen LogP contribution is 2.15. The van der Waals surface area contributed by atoms with Gasteiger partial charge in [-0.05, 0) is 12.8 Å². The van der Waals surface area contributed by atoms with Crippen LogP contribution in [0.1, 0.15) is 97.3 Å². The van der Waals surface area contributed by atoms with E-state index in [9.17, 15) is 9.59 Å². The van der Waals surface area contributed by atoms with Crippen molar-refractivity contribution >= 4 is 12.1 Å². The molecule has 0 rings (SSSR count). The first-order valence-corrected chi connectivity index (χ1v) is 8.66. The topological polar surface area (TPSA) is 34.1 Å².